The van der Waals surface area contributed by atoms with Crippen LogP contribution in [0.3, 0.4) is 0 Å². The summed E-state index contributed by atoms with van der Waals surface area (Å²) in [6, 6.07) is 21.2. The van der Waals surface area contributed by atoms with Gasteiger partial charge in [0, 0.05) is 37.9 Å². The van der Waals surface area contributed by atoms with Gasteiger partial charge in [0.25, 0.3) is 5.91 Å². The maximum Gasteiger partial charge on any atom is 0.271 e. The van der Waals surface area contributed by atoms with Gasteiger partial charge in [0.2, 0.25) is 0 Å². The molecule has 0 N–H and O–H groups in total. The fourth-order valence-corrected chi connectivity index (χ4v) is 4.55. The molecule has 2 atom stereocenters. The van der Waals surface area contributed by atoms with Crippen molar-refractivity contribution >= 4 is 5.91 Å². The molecule has 2 aliphatic heterocycles. The second-order valence-electron chi connectivity index (χ2n) is 7.64. The van der Waals surface area contributed by atoms with Crippen LogP contribution < -0.4 is 0 Å². The molecule has 0 radical (unpaired) electrons. The summed E-state index contributed by atoms with van der Waals surface area (Å²) in [4.78, 5) is 17.4. The van der Waals surface area contributed by atoms with Gasteiger partial charge in [0.15, 0.2) is 0 Å². The molecule has 5 heteroatoms. The van der Waals surface area contributed by atoms with Crippen molar-refractivity contribution < 1.29 is 9.18 Å². The van der Waals surface area contributed by atoms with Gasteiger partial charge in [-0.25, -0.2) is 4.39 Å². The maximum absolute atomic E-state index is 14.1. The Morgan fingerprint density at radius 3 is 2.43 bits per heavy atom. The van der Waals surface area contributed by atoms with Crippen molar-refractivity contribution in [1.29, 1.82) is 0 Å². The second kappa shape index (κ2) is 6.91. The van der Waals surface area contributed by atoms with E-state index in [0.29, 0.717) is 18.7 Å². The van der Waals surface area contributed by atoms with E-state index < -0.39 is 0 Å². The first kappa shape index (κ1) is 17.2. The van der Waals surface area contributed by atoms with Crippen LogP contribution in [0.4, 0.5) is 4.39 Å². The lowest BCUT2D eigenvalue weighted by Crippen LogP contribution is -2.49. The van der Waals surface area contributed by atoms with Gasteiger partial charge < -0.3 is 9.47 Å². The second-order valence-corrected chi connectivity index (χ2v) is 7.64. The standard InChI is InChI=1S/C23H22FN3O/c24-19-10-5-4-9-18(19)14-25-15-21-22(16-25)27(13-17-7-2-1-3-8-17)23(28)20-11-6-12-26(20)21/h1-12,21-22H,13-16H2. The van der Waals surface area contributed by atoms with Gasteiger partial charge in [-0.1, -0.05) is 48.5 Å². The number of amides is 1. The van der Waals surface area contributed by atoms with Gasteiger partial charge in [-0.3, -0.25) is 9.69 Å². The Hall–Kier alpha value is -2.92. The molecule has 2 aliphatic rings. The van der Waals surface area contributed by atoms with Crippen molar-refractivity contribution in [2.75, 3.05) is 13.1 Å². The number of aromatic nitrogens is 1. The van der Waals surface area contributed by atoms with Crippen molar-refractivity contribution in [3.8, 4) is 0 Å². The number of halogens is 1. The Morgan fingerprint density at radius 1 is 0.857 bits per heavy atom. The van der Waals surface area contributed by atoms with Crippen molar-refractivity contribution in [2.24, 2.45) is 0 Å². The number of hydrogen-bond acceptors (Lipinski definition) is 2. The number of fused-ring (bicyclic) bond motifs is 3. The van der Waals surface area contributed by atoms with Crippen molar-refractivity contribution in [3.63, 3.8) is 0 Å². The molecule has 28 heavy (non-hydrogen) atoms. The molecule has 1 aromatic heterocycles. The SMILES string of the molecule is O=C1c2cccn2C2CN(Cc3ccccc3F)CC2N1Cc1ccccc1. The van der Waals surface area contributed by atoms with E-state index in [1.807, 2.05) is 53.6 Å². The minimum atomic E-state index is -0.170. The van der Waals surface area contributed by atoms with E-state index in [2.05, 4.69) is 21.6 Å². The molecule has 0 spiro atoms. The molecular weight excluding hydrogens is 353 g/mol. The Morgan fingerprint density at radius 2 is 1.61 bits per heavy atom. The third-order valence-corrected chi connectivity index (χ3v) is 5.90. The van der Waals surface area contributed by atoms with Crippen molar-refractivity contribution in [3.05, 3.63) is 95.6 Å². The van der Waals surface area contributed by atoms with E-state index in [0.717, 1.165) is 24.3 Å². The summed E-state index contributed by atoms with van der Waals surface area (Å²) < 4.78 is 16.2. The van der Waals surface area contributed by atoms with E-state index >= 15 is 0 Å². The van der Waals surface area contributed by atoms with E-state index in [4.69, 9.17) is 0 Å². The van der Waals surface area contributed by atoms with Crippen molar-refractivity contribution in [2.45, 2.75) is 25.2 Å². The molecule has 0 bridgehead atoms. The summed E-state index contributed by atoms with van der Waals surface area (Å²) in [5.74, 6) is -0.0981. The quantitative estimate of drug-likeness (QED) is 0.696. The Labute approximate surface area is 163 Å². The Kier molecular flexibility index (Phi) is 4.24. The summed E-state index contributed by atoms with van der Waals surface area (Å²) in [7, 11) is 0. The van der Waals surface area contributed by atoms with E-state index in [9.17, 15) is 9.18 Å². The average molecular weight is 375 g/mol. The van der Waals surface area contributed by atoms with E-state index in [1.54, 1.807) is 6.07 Å². The van der Waals surface area contributed by atoms with Crippen LogP contribution in [0.15, 0.2) is 72.9 Å². The van der Waals surface area contributed by atoms with Crippen molar-refractivity contribution in [1.82, 2.24) is 14.4 Å². The Bertz CT molecular complexity index is 1000. The van der Waals surface area contributed by atoms with Crippen LogP contribution in [0.25, 0.3) is 0 Å². The highest BCUT2D eigenvalue weighted by Gasteiger charge is 2.44. The van der Waals surface area contributed by atoms with Crippen LogP contribution in [0.2, 0.25) is 0 Å². The number of hydrogen-bond donors (Lipinski definition) is 0. The van der Waals surface area contributed by atoms with Crippen LogP contribution in [0.5, 0.6) is 0 Å². The molecule has 0 aliphatic carbocycles. The van der Waals surface area contributed by atoms with Gasteiger partial charge in [0.1, 0.15) is 11.5 Å². The lowest BCUT2D eigenvalue weighted by Gasteiger charge is -2.38. The number of carbonyl (C=O) groups is 1. The number of likely N-dealkylation sites (tertiary alicyclic amines) is 1. The highest BCUT2D eigenvalue weighted by atomic mass is 19.1. The first-order valence-electron chi connectivity index (χ1n) is 9.68. The summed E-state index contributed by atoms with van der Waals surface area (Å²) in [6.07, 6.45) is 2.00. The predicted molar refractivity (Wildman–Crippen MR) is 105 cm³/mol. The summed E-state index contributed by atoms with van der Waals surface area (Å²) in [6.45, 7) is 2.71. The minimum absolute atomic E-state index is 0.0721. The normalized spacial score (nSPS) is 21.6. The molecule has 2 aromatic carbocycles. The zero-order valence-corrected chi connectivity index (χ0v) is 15.5. The summed E-state index contributed by atoms with van der Waals surface area (Å²) in [5.41, 5.74) is 2.57. The lowest BCUT2D eigenvalue weighted by molar-refractivity contribution is 0.0556. The molecule has 0 saturated carbocycles. The Balaban J connectivity index is 1.44. The van der Waals surface area contributed by atoms with Crippen LogP contribution in [0, 0.1) is 5.82 Å². The van der Waals surface area contributed by atoms with Crippen LogP contribution >= 0.6 is 0 Å². The minimum Gasteiger partial charge on any atom is -0.337 e. The zero-order chi connectivity index (χ0) is 19.1. The zero-order valence-electron chi connectivity index (χ0n) is 15.5. The van der Waals surface area contributed by atoms with Crippen LogP contribution in [-0.2, 0) is 13.1 Å². The molecule has 3 aromatic rings. The molecule has 1 saturated heterocycles. The predicted octanol–water partition coefficient (Wildman–Crippen LogP) is 3.71. The molecule has 1 amide bonds. The fourth-order valence-electron chi connectivity index (χ4n) is 4.55. The molecule has 5 rings (SSSR count). The van der Waals surface area contributed by atoms with E-state index in [-0.39, 0.29) is 23.8 Å². The molecule has 1 fully saturated rings. The number of rotatable bonds is 4. The highest BCUT2D eigenvalue weighted by molar-refractivity contribution is 5.94. The fraction of sp³-hybridized carbons (Fsp3) is 0.261. The van der Waals surface area contributed by atoms with Gasteiger partial charge in [-0.2, -0.15) is 0 Å². The third-order valence-electron chi connectivity index (χ3n) is 5.90. The summed E-state index contributed by atoms with van der Waals surface area (Å²) in [5, 5.41) is 0. The van der Waals surface area contributed by atoms with E-state index in [1.165, 1.54) is 6.07 Å². The summed E-state index contributed by atoms with van der Waals surface area (Å²) >= 11 is 0. The maximum atomic E-state index is 14.1. The number of benzene rings is 2. The molecular formula is C23H22FN3O. The number of nitrogens with zero attached hydrogens (tertiary/aromatic N) is 3. The molecule has 4 nitrogen and oxygen atoms in total. The van der Waals surface area contributed by atoms with Gasteiger partial charge >= 0.3 is 0 Å². The lowest BCUT2D eigenvalue weighted by atomic mass is 10.0. The molecule has 142 valence electrons. The van der Waals surface area contributed by atoms with Gasteiger partial charge in [0.05, 0.1) is 12.1 Å². The third kappa shape index (κ3) is 2.92. The van der Waals surface area contributed by atoms with Gasteiger partial charge in [-0.05, 0) is 23.8 Å². The first-order chi connectivity index (χ1) is 13.7. The first-order valence-corrected chi connectivity index (χ1v) is 9.68. The molecule has 2 unspecified atom stereocenters. The van der Waals surface area contributed by atoms with Crippen LogP contribution in [-0.4, -0.2) is 39.4 Å². The largest absolute Gasteiger partial charge is 0.337 e. The highest BCUT2D eigenvalue weighted by Crippen LogP contribution is 2.35. The number of carbonyl (C=O) groups excluding carboxylic acids is 1. The van der Waals surface area contributed by atoms with Gasteiger partial charge in [-0.15, -0.1) is 0 Å². The average Bonchev–Trinajstić information content (AvgIpc) is 3.35. The van der Waals surface area contributed by atoms with Crippen LogP contribution in [0.1, 0.15) is 27.7 Å². The topological polar surface area (TPSA) is 28.5 Å². The monoisotopic (exact) mass is 375 g/mol. The molecule has 3 heterocycles. The smallest absolute Gasteiger partial charge is 0.271 e.